The van der Waals surface area contributed by atoms with Crippen LogP contribution in [0.5, 0.6) is 0 Å². The zero-order valence-corrected chi connectivity index (χ0v) is 21.8. The molecule has 2 amide bonds. The van der Waals surface area contributed by atoms with Crippen LogP contribution in [0.2, 0.25) is 0 Å². The fourth-order valence-corrected chi connectivity index (χ4v) is 3.91. The number of rotatable bonds is 9. The Bertz CT molecular complexity index is 1340. The highest BCUT2D eigenvalue weighted by molar-refractivity contribution is 5.99. The first-order valence-electron chi connectivity index (χ1n) is 12.3. The van der Waals surface area contributed by atoms with Gasteiger partial charge in [-0.15, -0.1) is 0 Å². The van der Waals surface area contributed by atoms with E-state index in [2.05, 4.69) is 5.32 Å². The van der Waals surface area contributed by atoms with E-state index >= 15 is 0 Å². The number of carbonyl (C=O) groups excluding carboxylic acids is 2. The van der Waals surface area contributed by atoms with Gasteiger partial charge in [-0.1, -0.05) is 65.7 Å². The molecule has 4 aromatic rings. The van der Waals surface area contributed by atoms with Gasteiger partial charge in [0.05, 0.1) is 5.69 Å². The van der Waals surface area contributed by atoms with Crippen LogP contribution in [0.25, 0.3) is 16.9 Å². The molecular formula is C30H33N5O2. The summed E-state index contributed by atoms with van der Waals surface area (Å²) in [5, 5.41) is 2.95. The maximum atomic E-state index is 13.3. The molecule has 0 saturated heterocycles. The lowest BCUT2D eigenvalue weighted by molar-refractivity contribution is -0.117. The van der Waals surface area contributed by atoms with Gasteiger partial charge in [0.15, 0.2) is 0 Å². The summed E-state index contributed by atoms with van der Waals surface area (Å²) in [5.74, 6) is -0.0790. The number of hydrogen-bond donors (Lipinski definition) is 1. The molecule has 0 unspecified atom stereocenters. The van der Waals surface area contributed by atoms with Crippen molar-refractivity contribution in [1.29, 1.82) is 0 Å². The third-order valence-corrected chi connectivity index (χ3v) is 6.08. The molecule has 1 heterocycles. The largest absolute Gasteiger partial charge is 0.328 e. The van der Waals surface area contributed by atoms with Gasteiger partial charge < -0.3 is 9.80 Å². The van der Waals surface area contributed by atoms with E-state index < -0.39 is 0 Å². The van der Waals surface area contributed by atoms with Crippen molar-refractivity contribution >= 4 is 17.8 Å². The van der Waals surface area contributed by atoms with Crippen LogP contribution in [-0.2, 0) is 4.79 Å². The van der Waals surface area contributed by atoms with E-state index in [1.165, 1.54) is 0 Å². The van der Waals surface area contributed by atoms with E-state index in [9.17, 15) is 9.59 Å². The number of nitrogens with one attached hydrogen (secondary N) is 1. The molecule has 0 bridgehead atoms. The van der Waals surface area contributed by atoms with E-state index in [1.807, 2.05) is 110 Å². The number of carbonyl (C=O) groups is 2. The molecular weight excluding hydrogens is 462 g/mol. The Labute approximate surface area is 218 Å². The van der Waals surface area contributed by atoms with Crippen LogP contribution in [-0.4, -0.2) is 64.9 Å². The maximum Gasteiger partial charge on any atom is 0.254 e. The lowest BCUT2D eigenvalue weighted by Crippen LogP contribution is -2.41. The molecule has 190 valence electrons. The molecule has 7 nitrogen and oxygen atoms in total. The molecule has 0 spiro atoms. The molecule has 7 heteroatoms. The number of aromatic nitrogens is 2. The Morgan fingerprint density at radius 1 is 0.838 bits per heavy atom. The summed E-state index contributed by atoms with van der Waals surface area (Å²) in [4.78, 5) is 34.8. The summed E-state index contributed by atoms with van der Waals surface area (Å²) >= 11 is 0. The number of imidazole rings is 1. The molecule has 4 rings (SSSR count). The summed E-state index contributed by atoms with van der Waals surface area (Å²) < 4.78 is 1.87. The zero-order valence-electron chi connectivity index (χ0n) is 21.8. The number of likely N-dealkylation sites (N-methyl/N-ethyl adjacent to an activating group) is 1. The summed E-state index contributed by atoms with van der Waals surface area (Å²) in [7, 11) is 3.89. The van der Waals surface area contributed by atoms with Gasteiger partial charge in [-0.2, -0.15) is 0 Å². The molecule has 0 aliphatic rings. The van der Waals surface area contributed by atoms with Gasteiger partial charge in [0.1, 0.15) is 6.54 Å². The Kier molecular flexibility index (Phi) is 8.15. The smallest absolute Gasteiger partial charge is 0.254 e. The standard InChI is InChI=1S/C30H33N5O2/c1-22-10-14-25(15-11-22)29(37)34(19-18-33(3)4)21-28(36)32-30-31-27(24-8-6-5-7-9-24)20-35(30)26-16-12-23(2)13-17-26/h5-17,20H,18-19,21H2,1-4H3,(H,31,32,36). The normalized spacial score (nSPS) is 10.9. The van der Waals surface area contributed by atoms with Crippen LogP contribution in [0.3, 0.4) is 0 Å². The first-order chi connectivity index (χ1) is 17.8. The molecule has 0 fully saturated rings. The van der Waals surface area contributed by atoms with Gasteiger partial charge in [-0.05, 0) is 52.2 Å². The molecule has 0 saturated carbocycles. The van der Waals surface area contributed by atoms with Crippen LogP contribution in [0, 0.1) is 13.8 Å². The molecule has 0 aliphatic carbocycles. The van der Waals surface area contributed by atoms with Gasteiger partial charge in [0.2, 0.25) is 11.9 Å². The first kappa shape index (κ1) is 25.9. The molecule has 37 heavy (non-hydrogen) atoms. The Morgan fingerprint density at radius 3 is 2.08 bits per heavy atom. The van der Waals surface area contributed by atoms with Crippen molar-refractivity contribution in [2.75, 3.05) is 39.0 Å². The molecule has 1 aromatic heterocycles. The zero-order chi connectivity index (χ0) is 26.4. The van der Waals surface area contributed by atoms with Crippen LogP contribution in [0.4, 0.5) is 5.95 Å². The van der Waals surface area contributed by atoms with Crippen LogP contribution in [0.15, 0.2) is 85.1 Å². The molecule has 0 aliphatic heterocycles. The van der Waals surface area contributed by atoms with E-state index in [-0.39, 0.29) is 18.4 Å². The second-order valence-electron chi connectivity index (χ2n) is 9.47. The highest BCUT2D eigenvalue weighted by Crippen LogP contribution is 2.24. The van der Waals surface area contributed by atoms with Crippen molar-refractivity contribution < 1.29 is 9.59 Å². The Morgan fingerprint density at radius 2 is 1.46 bits per heavy atom. The minimum Gasteiger partial charge on any atom is -0.328 e. The van der Waals surface area contributed by atoms with Crippen molar-refractivity contribution in [1.82, 2.24) is 19.4 Å². The summed E-state index contributed by atoms with van der Waals surface area (Å²) in [6.07, 6.45) is 1.91. The number of nitrogens with zero attached hydrogens (tertiary/aromatic N) is 4. The fourth-order valence-electron chi connectivity index (χ4n) is 3.91. The lowest BCUT2D eigenvalue weighted by Gasteiger charge is -2.24. The summed E-state index contributed by atoms with van der Waals surface area (Å²) in [5.41, 5.74) is 5.36. The average Bonchev–Trinajstić information content (AvgIpc) is 3.31. The van der Waals surface area contributed by atoms with Gasteiger partial charge >= 0.3 is 0 Å². The lowest BCUT2D eigenvalue weighted by atomic mass is 10.1. The van der Waals surface area contributed by atoms with Gasteiger partial charge in [-0.3, -0.25) is 19.5 Å². The van der Waals surface area contributed by atoms with Crippen LogP contribution >= 0.6 is 0 Å². The quantitative estimate of drug-likeness (QED) is 0.362. The topological polar surface area (TPSA) is 70.5 Å². The predicted molar refractivity (Wildman–Crippen MR) is 148 cm³/mol. The van der Waals surface area contributed by atoms with Crippen molar-refractivity contribution in [3.63, 3.8) is 0 Å². The maximum absolute atomic E-state index is 13.3. The molecule has 0 atom stereocenters. The highest BCUT2D eigenvalue weighted by atomic mass is 16.2. The number of hydrogen-bond acceptors (Lipinski definition) is 4. The second-order valence-corrected chi connectivity index (χ2v) is 9.47. The number of amides is 2. The van der Waals surface area contributed by atoms with Crippen LogP contribution in [0.1, 0.15) is 21.5 Å². The van der Waals surface area contributed by atoms with Gasteiger partial charge in [0, 0.05) is 36.1 Å². The Hall–Kier alpha value is -4.23. The van der Waals surface area contributed by atoms with Crippen molar-refractivity contribution in [3.05, 3.63) is 102 Å². The molecule has 1 N–H and O–H groups in total. The number of anilines is 1. The molecule has 3 aromatic carbocycles. The molecule has 0 radical (unpaired) electrons. The highest BCUT2D eigenvalue weighted by Gasteiger charge is 2.21. The van der Waals surface area contributed by atoms with Crippen molar-refractivity contribution in [2.24, 2.45) is 0 Å². The monoisotopic (exact) mass is 495 g/mol. The number of aryl methyl sites for hydroxylation is 2. The third kappa shape index (κ3) is 6.71. The van der Waals surface area contributed by atoms with Crippen molar-refractivity contribution in [2.45, 2.75) is 13.8 Å². The number of benzene rings is 3. The van der Waals surface area contributed by atoms with E-state index in [1.54, 1.807) is 17.0 Å². The summed E-state index contributed by atoms with van der Waals surface area (Å²) in [6.45, 7) is 4.99. The first-order valence-corrected chi connectivity index (χ1v) is 12.3. The summed E-state index contributed by atoms with van der Waals surface area (Å²) in [6, 6.07) is 25.3. The minimum atomic E-state index is -0.308. The van der Waals surface area contributed by atoms with Crippen molar-refractivity contribution in [3.8, 4) is 16.9 Å². The fraction of sp³-hybridized carbons (Fsp3) is 0.233. The van der Waals surface area contributed by atoms with E-state index in [0.717, 1.165) is 28.1 Å². The third-order valence-electron chi connectivity index (χ3n) is 6.08. The predicted octanol–water partition coefficient (Wildman–Crippen LogP) is 4.80. The SMILES string of the molecule is Cc1ccc(C(=O)N(CCN(C)C)CC(=O)Nc2nc(-c3ccccc3)cn2-c2ccc(C)cc2)cc1. The minimum absolute atomic E-state index is 0.0814. The van der Waals surface area contributed by atoms with Crippen LogP contribution < -0.4 is 5.32 Å². The Balaban J connectivity index is 1.59. The average molecular weight is 496 g/mol. The van der Waals surface area contributed by atoms with Gasteiger partial charge in [0.25, 0.3) is 5.91 Å². The van der Waals surface area contributed by atoms with Gasteiger partial charge in [-0.25, -0.2) is 4.98 Å². The van der Waals surface area contributed by atoms with E-state index in [4.69, 9.17) is 4.98 Å². The second kappa shape index (κ2) is 11.7. The van der Waals surface area contributed by atoms with E-state index in [0.29, 0.717) is 24.6 Å².